The summed E-state index contributed by atoms with van der Waals surface area (Å²) in [6.45, 7) is 10.6. The zero-order valence-corrected chi connectivity index (χ0v) is 19.4. The maximum absolute atomic E-state index is 10.8. The molecule has 2 aromatic rings. The van der Waals surface area contributed by atoms with E-state index in [1.807, 2.05) is 26.0 Å². The molecule has 0 saturated carbocycles. The largest absolute Gasteiger partial charge is 0.405 e. The molecular weight excluding hydrogens is 396 g/mol. The molecule has 4 atom stereocenters. The van der Waals surface area contributed by atoms with Crippen LogP contribution in [0.2, 0.25) is 5.04 Å². The van der Waals surface area contributed by atoms with Gasteiger partial charge in [0.15, 0.2) is 12.1 Å². The molecular formula is C24H32O5Si. The summed E-state index contributed by atoms with van der Waals surface area (Å²) in [4.78, 5) is 0. The minimum absolute atomic E-state index is 0.135. The fourth-order valence-electron chi connectivity index (χ4n) is 4.66. The van der Waals surface area contributed by atoms with Crippen LogP contribution in [0, 0.1) is 0 Å². The topological polar surface area (TPSA) is 57.2 Å². The van der Waals surface area contributed by atoms with E-state index in [0.717, 1.165) is 0 Å². The zero-order valence-electron chi connectivity index (χ0n) is 18.4. The maximum atomic E-state index is 10.8. The molecule has 5 nitrogen and oxygen atoms in total. The van der Waals surface area contributed by atoms with Gasteiger partial charge < -0.3 is 23.7 Å². The minimum Gasteiger partial charge on any atom is -0.405 e. The van der Waals surface area contributed by atoms with Crippen molar-refractivity contribution in [2.24, 2.45) is 0 Å². The van der Waals surface area contributed by atoms with E-state index >= 15 is 0 Å². The van der Waals surface area contributed by atoms with Crippen molar-refractivity contribution in [3.8, 4) is 0 Å². The van der Waals surface area contributed by atoms with Gasteiger partial charge in [-0.15, -0.1) is 0 Å². The van der Waals surface area contributed by atoms with Gasteiger partial charge in [0, 0.05) is 0 Å². The minimum atomic E-state index is -2.68. The van der Waals surface area contributed by atoms with Gasteiger partial charge >= 0.3 is 0 Å². The molecule has 0 aromatic heterocycles. The van der Waals surface area contributed by atoms with Crippen LogP contribution in [0.3, 0.4) is 0 Å². The van der Waals surface area contributed by atoms with E-state index in [1.165, 1.54) is 10.4 Å². The molecule has 0 radical (unpaired) electrons. The molecule has 2 heterocycles. The van der Waals surface area contributed by atoms with Gasteiger partial charge in [-0.2, -0.15) is 0 Å². The van der Waals surface area contributed by atoms with Gasteiger partial charge in [0.1, 0.15) is 18.3 Å². The van der Waals surface area contributed by atoms with Gasteiger partial charge in [-0.1, -0.05) is 81.4 Å². The lowest BCUT2D eigenvalue weighted by molar-refractivity contribution is -0.217. The van der Waals surface area contributed by atoms with Gasteiger partial charge in [0.2, 0.25) is 0 Å². The second kappa shape index (κ2) is 7.86. The summed E-state index contributed by atoms with van der Waals surface area (Å²) in [6.07, 6.45) is -2.36. The van der Waals surface area contributed by atoms with Crippen molar-refractivity contribution in [3.05, 3.63) is 60.7 Å². The Morgan fingerprint density at radius 1 is 0.933 bits per heavy atom. The average Bonchev–Trinajstić information content (AvgIpc) is 3.15. The SMILES string of the molecule is CC1(C)O[C@@H]2O[C@H](CO[Si](c3ccccc3)(c3ccccc3)C(C)(C)C)[C@H](O)[C@H]2O1. The van der Waals surface area contributed by atoms with Crippen LogP contribution in [0.5, 0.6) is 0 Å². The van der Waals surface area contributed by atoms with Crippen LogP contribution >= 0.6 is 0 Å². The zero-order chi connectivity index (χ0) is 21.6. The average molecular weight is 429 g/mol. The molecule has 0 unspecified atom stereocenters. The van der Waals surface area contributed by atoms with Gasteiger partial charge in [-0.3, -0.25) is 0 Å². The Hall–Kier alpha value is -1.54. The fourth-order valence-corrected chi connectivity index (χ4v) is 9.23. The van der Waals surface area contributed by atoms with E-state index in [2.05, 4.69) is 69.3 Å². The van der Waals surface area contributed by atoms with Gasteiger partial charge in [-0.25, -0.2) is 0 Å². The Balaban J connectivity index is 1.65. The van der Waals surface area contributed by atoms with Crippen molar-refractivity contribution >= 4 is 18.7 Å². The molecule has 6 heteroatoms. The van der Waals surface area contributed by atoms with Gasteiger partial charge in [0.25, 0.3) is 8.32 Å². The highest BCUT2D eigenvalue weighted by molar-refractivity contribution is 6.99. The predicted octanol–water partition coefficient (Wildman–Crippen LogP) is 2.80. The molecule has 0 aliphatic carbocycles. The van der Waals surface area contributed by atoms with Crippen molar-refractivity contribution in [2.45, 2.75) is 70.0 Å². The number of hydrogen-bond acceptors (Lipinski definition) is 5. The molecule has 1 N–H and O–H groups in total. The summed E-state index contributed by atoms with van der Waals surface area (Å²) in [6, 6.07) is 20.9. The number of fused-ring (bicyclic) bond motifs is 1. The first-order valence-corrected chi connectivity index (χ1v) is 12.5. The standard InChI is InChI=1S/C24H32O5Si/c1-23(2,3)30(17-12-8-6-9-13-17,18-14-10-7-11-15-18)26-16-19-20(25)21-22(27-19)29-24(4,5)28-21/h6-15,19-22,25H,16H2,1-5H3/t19-,20+,21-,22+/m1/s1. The van der Waals surface area contributed by atoms with Crippen LogP contribution in [0.25, 0.3) is 0 Å². The van der Waals surface area contributed by atoms with Gasteiger partial charge in [0.05, 0.1) is 6.61 Å². The number of ether oxygens (including phenoxy) is 3. The highest BCUT2D eigenvalue weighted by atomic mass is 28.4. The fraction of sp³-hybridized carbons (Fsp3) is 0.500. The third-order valence-electron chi connectivity index (χ3n) is 6.00. The van der Waals surface area contributed by atoms with Crippen LogP contribution in [0.4, 0.5) is 0 Å². The number of benzene rings is 2. The summed E-state index contributed by atoms with van der Waals surface area (Å²) < 4.78 is 24.5. The highest BCUT2D eigenvalue weighted by Crippen LogP contribution is 2.40. The Bertz CT molecular complexity index is 809. The third-order valence-corrected chi connectivity index (χ3v) is 11.0. The van der Waals surface area contributed by atoms with E-state index in [9.17, 15) is 5.11 Å². The summed E-state index contributed by atoms with van der Waals surface area (Å²) in [5.74, 6) is -0.750. The first-order valence-electron chi connectivity index (χ1n) is 10.6. The van der Waals surface area contributed by atoms with Crippen molar-refractivity contribution in [3.63, 3.8) is 0 Å². The van der Waals surface area contributed by atoms with E-state index < -0.39 is 38.7 Å². The number of aliphatic hydroxyl groups is 1. The highest BCUT2D eigenvalue weighted by Gasteiger charge is 2.56. The molecule has 2 fully saturated rings. The quantitative estimate of drug-likeness (QED) is 0.742. The van der Waals surface area contributed by atoms with E-state index in [-0.39, 0.29) is 11.6 Å². The van der Waals surface area contributed by atoms with E-state index in [4.69, 9.17) is 18.6 Å². The lowest BCUT2D eigenvalue weighted by atomic mass is 10.1. The van der Waals surface area contributed by atoms with Crippen molar-refractivity contribution in [1.29, 1.82) is 0 Å². The third kappa shape index (κ3) is 3.77. The molecule has 0 amide bonds. The van der Waals surface area contributed by atoms with Crippen LogP contribution in [0.1, 0.15) is 34.6 Å². The molecule has 2 aliphatic heterocycles. The summed E-state index contributed by atoms with van der Waals surface area (Å²) in [7, 11) is -2.68. The van der Waals surface area contributed by atoms with Crippen molar-refractivity contribution in [1.82, 2.24) is 0 Å². The smallest absolute Gasteiger partial charge is 0.261 e. The van der Waals surface area contributed by atoms with Crippen molar-refractivity contribution < 1.29 is 23.7 Å². The first kappa shape index (κ1) is 21.7. The Kier molecular flexibility index (Phi) is 5.68. The lowest BCUT2D eigenvalue weighted by Gasteiger charge is -2.43. The van der Waals surface area contributed by atoms with E-state index in [1.54, 1.807) is 0 Å². The van der Waals surface area contributed by atoms with Crippen molar-refractivity contribution in [2.75, 3.05) is 6.61 Å². The molecule has 0 spiro atoms. The normalized spacial score (nSPS) is 28.5. The predicted molar refractivity (Wildman–Crippen MR) is 118 cm³/mol. The molecule has 2 saturated heterocycles. The Labute approximate surface area is 180 Å². The molecule has 162 valence electrons. The Morgan fingerprint density at radius 2 is 1.47 bits per heavy atom. The molecule has 4 rings (SSSR count). The number of aliphatic hydroxyl groups excluding tert-OH is 1. The summed E-state index contributed by atoms with van der Waals surface area (Å²) in [5, 5.41) is 13.1. The summed E-state index contributed by atoms with van der Waals surface area (Å²) >= 11 is 0. The van der Waals surface area contributed by atoms with Gasteiger partial charge in [-0.05, 0) is 29.3 Å². The summed E-state index contributed by atoms with van der Waals surface area (Å²) in [5.41, 5.74) is 0. The molecule has 2 aliphatic rings. The molecule has 0 bridgehead atoms. The van der Waals surface area contributed by atoms with Crippen LogP contribution in [-0.4, -0.2) is 50.4 Å². The number of hydrogen-bond donors (Lipinski definition) is 1. The first-order chi connectivity index (χ1) is 14.1. The second-order valence-electron chi connectivity index (χ2n) is 9.61. The second-order valence-corrected chi connectivity index (χ2v) is 13.9. The van der Waals surface area contributed by atoms with Crippen LogP contribution in [-0.2, 0) is 18.6 Å². The monoisotopic (exact) mass is 428 g/mol. The number of rotatable bonds is 5. The van der Waals surface area contributed by atoms with Crippen LogP contribution < -0.4 is 10.4 Å². The molecule has 2 aromatic carbocycles. The van der Waals surface area contributed by atoms with E-state index in [0.29, 0.717) is 0 Å². The maximum Gasteiger partial charge on any atom is 0.261 e. The molecule has 30 heavy (non-hydrogen) atoms. The lowest BCUT2D eigenvalue weighted by Crippen LogP contribution is -2.67. The Morgan fingerprint density at radius 3 is 1.93 bits per heavy atom. The van der Waals surface area contributed by atoms with Crippen LogP contribution in [0.15, 0.2) is 60.7 Å².